The van der Waals surface area contributed by atoms with Crippen molar-refractivity contribution in [3.05, 3.63) is 77.4 Å². The van der Waals surface area contributed by atoms with Crippen molar-refractivity contribution in [3.8, 4) is 5.75 Å². The fourth-order valence-corrected chi connectivity index (χ4v) is 5.26. The normalized spacial score (nSPS) is 26.8. The third-order valence-corrected chi connectivity index (χ3v) is 6.92. The van der Waals surface area contributed by atoms with Crippen LogP contribution in [0.15, 0.2) is 66.2 Å². The number of amides is 2. The molecule has 0 radical (unpaired) electrons. The maximum atomic E-state index is 13.6. The van der Waals surface area contributed by atoms with Crippen molar-refractivity contribution >= 4 is 11.8 Å². The van der Waals surface area contributed by atoms with E-state index >= 15 is 0 Å². The Labute approximate surface area is 204 Å². The minimum atomic E-state index is -1.06. The van der Waals surface area contributed by atoms with E-state index in [2.05, 4.69) is 5.32 Å². The number of nitrogens with zero attached hydrogens (tertiary/aromatic N) is 1. The number of benzene rings is 2. The number of para-hydroxylation sites is 1. The molecule has 0 saturated carbocycles. The Morgan fingerprint density at radius 2 is 1.86 bits per heavy atom. The summed E-state index contributed by atoms with van der Waals surface area (Å²) < 4.78 is 11.8. The summed E-state index contributed by atoms with van der Waals surface area (Å²) in [5.74, 6) is -0.429. The number of aliphatic hydroxyl groups excluding tert-OH is 2. The summed E-state index contributed by atoms with van der Waals surface area (Å²) in [7, 11) is 0. The monoisotopic (exact) mass is 478 g/mol. The van der Waals surface area contributed by atoms with E-state index in [0.29, 0.717) is 24.4 Å². The molecule has 2 heterocycles. The summed E-state index contributed by atoms with van der Waals surface area (Å²) >= 11 is 0. The van der Waals surface area contributed by atoms with Crippen LogP contribution in [-0.4, -0.2) is 71.0 Å². The van der Waals surface area contributed by atoms with Gasteiger partial charge in [0.1, 0.15) is 24.1 Å². The molecule has 2 aromatic rings. The number of carbonyl (C=O) groups excluding carboxylic acids is 2. The van der Waals surface area contributed by atoms with E-state index in [0.717, 1.165) is 17.5 Å². The van der Waals surface area contributed by atoms with Crippen molar-refractivity contribution in [3.63, 3.8) is 0 Å². The van der Waals surface area contributed by atoms with E-state index in [4.69, 9.17) is 9.47 Å². The predicted molar refractivity (Wildman–Crippen MR) is 128 cm³/mol. The molecule has 1 fully saturated rings. The summed E-state index contributed by atoms with van der Waals surface area (Å²) in [6.07, 6.45) is 0.749. The van der Waals surface area contributed by atoms with E-state index < -0.39 is 30.3 Å². The van der Waals surface area contributed by atoms with E-state index in [1.807, 2.05) is 54.6 Å². The molecular weight excluding hydrogens is 448 g/mol. The van der Waals surface area contributed by atoms with Gasteiger partial charge in [0.15, 0.2) is 0 Å². The summed E-state index contributed by atoms with van der Waals surface area (Å²) in [4.78, 5) is 28.5. The van der Waals surface area contributed by atoms with Gasteiger partial charge in [-0.3, -0.25) is 9.59 Å². The third kappa shape index (κ3) is 4.57. The average Bonchev–Trinajstić information content (AvgIpc) is 3.56. The molecule has 1 saturated heterocycles. The molecule has 8 heteroatoms. The molecule has 0 spiro atoms. The van der Waals surface area contributed by atoms with Crippen molar-refractivity contribution < 1.29 is 29.3 Å². The minimum absolute atomic E-state index is 0.103. The number of nitrogens with one attached hydrogen (secondary N) is 1. The molecule has 5 rings (SSSR count). The van der Waals surface area contributed by atoms with Crippen LogP contribution >= 0.6 is 0 Å². The molecule has 35 heavy (non-hydrogen) atoms. The van der Waals surface area contributed by atoms with Crippen molar-refractivity contribution in [2.24, 2.45) is 0 Å². The van der Waals surface area contributed by atoms with Gasteiger partial charge in [-0.1, -0.05) is 48.5 Å². The topological polar surface area (TPSA) is 108 Å². The van der Waals surface area contributed by atoms with E-state index in [-0.39, 0.29) is 31.5 Å². The van der Waals surface area contributed by atoms with E-state index in [1.165, 1.54) is 0 Å². The zero-order chi connectivity index (χ0) is 24.4. The fourth-order valence-electron chi connectivity index (χ4n) is 5.26. The molecule has 1 unspecified atom stereocenters. The summed E-state index contributed by atoms with van der Waals surface area (Å²) in [5.41, 5.74) is 2.14. The molecule has 2 amide bonds. The Hall–Kier alpha value is -3.20. The lowest BCUT2D eigenvalue weighted by molar-refractivity contribution is -0.147. The van der Waals surface area contributed by atoms with Crippen LogP contribution in [0.1, 0.15) is 29.9 Å². The Bertz CT molecular complexity index is 1100. The van der Waals surface area contributed by atoms with Crippen LogP contribution in [0.5, 0.6) is 5.75 Å². The highest BCUT2D eigenvalue weighted by Crippen LogP contribution is 2.47. The van der Waals surface area contributed by atoms with Gasteiger partial charge >= 0.3 is 0 Å². The van der Waals surface area contributed by atoms with Crippen LogP contribution in [0.4, 0.5) is 0 Å². The smallest absolute Gasteiger partial charge is 0.252 e. The largest absolute Gasteiger partial charge is 0.486 e. The zero-order valence-electron chi connectivity index (χ0n) is 19.4. The fraction of sp³-hybridized carbons (Fsp3) is 0.407. The Kier molecular flexibility index (Phi) is 6.86. The van der Waals surface area contributed by atoms with Gasteiger partial charge in [0.25, 0.3) is 5.91 Å². The maximum Gasteiger partial charge on any atom is 0.252 e. The zero-order valence-corrected chi connectivity index (χ0v) is 19.4. The first-order valence-corrected chi connectivity index (χ1v) is 12.1. The van der Waals surface area contributed by atoms with Crippen molar-refractivity contribution in [1.29, 1.82) is 0 Å². The quantitative estimate of drug-likeness (QED) is 0.557. The lowest BCUT2D eigenvalue weighted by Gasteiger charge is -2.41. The number of aliphatic hydroxyl groups is 2. The van der Waals surface area contributed by atoms with E-state index in [9.17, 15) is 19.8 Å². The molecule has 184 valence electrons. The summed E-state index contributed by atoms with van der Waals surface area (Å²) in [5, 5.41) is 23.5. The molecule has 3 aliphatic rings. The van der Waals surface area contributed by atoms with E-state index in [1.54, 1.807) is 11.0 Å². The second kappa shape index (κ2) is 10.2. The number of fused-ring (bicyclic) bond motifs is 3. The number of carbonyl (C=O) groups is 2. The van der Waals surface area contributed by atoms with Crippen LogP contribution in [0.2, 0.25) is 0 Å². The van der Waals surface area contributed by atoms with Crippen LogP contribution in [0, 0.1) is 0 Å². The molecule has 3 N–H and O–H groups in total. The SMILES string of the molecule is O=C(NCCO)C1=C[C@@H](N(Cc2ccccc2)C(=O)C2CCCO2)[C@H](O)[C@H]2Oc3ccccc3[C@@H]12. The van der Waals surface area contributed by atoms with Gasteiger partial charge in [-0.05, 0) is 30.5 Å². The first-order chi connectivity index (χ1) is 17.1. The molecule has 1 aliphatic carbocycles. The van der Waals surface area contributed by atoms with Gasteiger partial charge < -0.3 is 29.9 Å². The molecule has 2 aromatic carbocycles. The van der Waals surface area contributed by atoms with Gasteiger partial charge in [0.2, 0.25) is 5.91 Å². The highest BCUT2D eigenvalue weighted by Gasteiger charge is 2.51. The highest BCUT2D eigenvalue weighted by atomic mass is 16.5. The number of ether oxygens (including phenoxy) is 2. The third-order valence-electron chi connectivity index (χ3n) is 6.92. The van der Waals surface area contributed by atoms with Gasteiger partial charge in [0.05, 0.1) is 18.6 Å². The van der Waals surface area contributed by atoms with Gasteiger partial charge in [-0.2, -0.15) is 0 Å². The van der Waals surface area contributed by atoms with Gasteiger partial charge in [-0.25, -0.2) is 0 Å². The van der Waals surface area contributed by atoms with Crippen molar-refractivity contribution in [2.45, 2.75) is 49.7 Å². The highest BCUT2D eigenvalue weighted by molar-refractivity contribution is 5.96. The Morgan fingerprint density at radius 3 is 2.60 bits per heavy atom. The summed E-state index contributed by atoms with van der Waals surface area (Å²) in [6, 6.07) is 16.2. The first-order valence-electron chi connectivity index (χ1n) is 12.1. The average molecular weight is 479 g/mol. The standard InChI is InChI=1S/C27H30N2O6/c30-13-12-28-26(32)19-15-20(24(31)25-23(19)18-9-4-5-10-21(18)35-25)29(16-17-7-2-1-3-8-17)27(33)22-11-6-14-34-22/h1-5,7-10,15,20,22-25,30-31H,6,11-14,16H2,(H,28,32)/t20-,22?,23+,24+,25+/m1/s1. The van der Waals surface area contributed by atoms with Crippen molar-refractivity contribution in [1.82, 2.24) is 10.2 Å². The predicted octanol–water partition coefficient (Wildman–Crippen LogP) is 1.52. The van der Waals surface area contributed by atoms with Crippen LogP contribution in [0.3, 0.4) is 0 Å². The van der Waals surface area contributed by atoms with Crippen LogP contribution in [0.25, 0.3) is 0 Å². The van der Waals surface area contributed by atoms with Crippen LogP contribution in [-0.2, 0) is 20.9 Å². The Balaban J connectivity index is 1.55. The van der Waals surface area contributed by atoms with Crippen molar-refractivity contribution in [2.75, 3.05) is 19.8 Å². The molecule has 5 atom stereocenters. The lowest BCUT2D eigenvalue weighted by Crippen LogP contribution is -2.57. The first kappa shape index (κ1) is 23.5. The number of rotatable bonds is 7. The minimum Gasteiger partial charge on any atom is -0.486 e. The molecule has 0 aromatic heterocycles. The summed E-state index contributed by atoms with van der Waals surface area (Å²) in [6.45, 7) is 0.694. The second-order valence-corrected chi connectivity index (χ2v) is 9.13. The Morgan fingerprint density at radius 1 is 1.09 bits per heavy atom. The van der Waals surface area contributed by atoms with Gasteiger partial charge in [0, 0.05) is 30.8 Å². The van der Waals surface area contributed by atoms with Crippen LogP contribution < -0.4 is 10.1 Å². The molecule has 0 bridgehead atoms. The molecular formula is C27H30N2O6. The lowest BCUT2D eigenvalue weighted by atomic mass is 9.77. The number of hydrogen-bond acceptors (Lipinski definition) is 6. The van der Waals surface area contributed by atoms with Gasteiger partial charge in [-0.15, -0.1) is 0 Å². The molecule has 2 aliphatic heterocycles. The second-order valence-electron chi connectivity index (χ2n) is 9.13. The number of hydrogen-bond donors (Lipinski definition) is 3. The maximum absolute atomic E-state index is 13.6. The molecule has 8 nitrogen and oxygen atoms in total.